The van der Waals surface area contributed by atoms with Crippen LogP contribution in [0.2, 0.25) is 0 Å². The zero-order valence-corrected chi connectivity index (χ0v) is 17.5. The second-order valence-electron chi connectivity index (χ2n) is 6.60. The number of anilines is 1. The lowest BCUT2D eigenvalue weighted by Crippen LogP contribution is -2.50. The lowest BCUT2D eigenvalue weighted by molar-refractivity contribution is 0.105. The highest BCUT2D eigenvalue weighted by Gasteiger charge is 2.25. The molecule has 9 heteroatoms. The third kappa shape index (κ3) is 4.30. The van der Waals surface area contributed by atoms with Crippen LogP contribution >= 0.6 is 15.9 Å². The molecule has 1 saturated heterocycles. The van der Waals surface area contributed by atoms with E-state index < -0.39 is 5.69 Å². The molecular weight excluding hydrogens is 428 g/mol. The number of carbonyl (C=O) groups is 1. The van der Waals surface area contributed by atoms with Crippen molar-refractivity contribution in [3.05, 3.63) is 60.7 Å². The van der Waals surface area contributed by atoms with Crippen molar-refractivity contribution >= 4 is 27.8 Å². The van der Waals surface area contributed by atoms with Gasteiger partial charge in [0, 0.05) is 44.1 Å². The average molecular weight is 451 g/mol. The maximum absolute atomic E-state index is 12.8. The Kier molecular flexibility index (Phi) is 6.23. The number of rotatable bonds is 4. The van der Waals surface area contributed by atoms with Gasteiger partial charge >= 0.3 is 11.8 Å². The normalized spacial score (nSPS) is 14.2. The zero-order chi connectivity index (χ0) is 20.3. The summed E-state index contributed by atoms with van der Waals surface area (Å²) in [5, 5.41) is 0. The maximum atomic E-state index is 12.8. The van der Waals surface area contributed by atoms with Crippen LogP contribution in [0.5, 0.6) is 0 Å². The van der Waals surface area contributed by atoms with Crippen LogP contribution in [0.1, 0.15) is 18.1 Å². The fraction of sp³-hybridized carbons (Fsp3) is 0.421. The van der Waals surface area contributed by atoms with Gasteiger partial charge in [0.05, 0.1) is 12.2 Å². The minimum absolute atomic E-state index is 0.311. The zero-order valence-electron chi connectivity index (χ0n) is 15.9. The lowest BCUT2D eigenvalue weighted by Gasteiger charge is -2.35. The van der Waals surface area contributed by atoms with E-state index in [0.29, 0.717) is 50.6 Å². The maximum Gasteiger partial charge on any atom is 0.409 e. The van der Waals surface area contributed by atoms with E-state index in [-0.39, 0.29) is 11.7 Å². The molecule has 1 fully saturated rings. The Morgan fingerprint density at radius 1 is 1.14 bits per heavy atom. The molecular formula is C19H23BrN4O4. The molecule has 1 amide bonds. The number of aromatic amines is 1. The fourth-order valence-electron chi connectivity index (χ4n) is 3.22. The molecule has 0 unspecified atom stereocenters. The predicted octanol–water partition coefficient (Wildman–Crippen LogP) is 1.71. The summed E-state index contributed by atoms with van der Waals surface area (Å²) in [6.07, 6.45) is 0.0687. The second-order valence-corrected chi connectivity index (χ2v) is 7.51. The minimum Gasteiger partial charge on any atom is -0.450 e. The summed E-state index contributed by atoms with van der Waals surface area (Å²) >= 11 is 3.41. The number of benzene rings is 1. The van der Waals surface area contributed by atoms with Crippen molar-refractivity contribution in [3.63, 3.8) is 0 Å². The highest BCUT2D eigenvalue weighted by Crippen LogP contribution is 2.20. The number of amides is 1. The Hall–Kier alpha value is -2.55. The van der Waals surface area contributed by atoms with Gasteiger partial charge in [-0.1, -0.05) is 28.1 Å². The number of piperazine rings is 1. The molecule has 3 rings (SSSR count). The Balaban J connectivity index is 1.88. The van der Waals surface area contributed by atoms with Crippen molar-refractivity contribution < 1.29 is 9.53 Å². The molecule has 1 aliphatic rings. The minimum atomic E-state index is -0.452. The van der Waals surface area contributed by atoms with Crippen molar-refractivity contribution in [2.24, 2.45) is 7.05 Å². The van der Waals surface area contributed by atoms with Crippen LogP contribution in [0.25, 0.3) is 0 Å². The first kappa shape index (κ1) is 20.2. The van der Waals surface area contributed by atoms with Gasteiger partial charge in [-0.15, -0.1) is 0 Å². The third-order valence-corrected chi connectivity index (χ3v) is 5.32. The van der Waals surface area contributed by atoms with E-state index in [1.807, 2.05) is 29.2 Å². The molecule has 0 atom stereocenters. The van der Waals surface area contributed by atoms with Gasteiger partial charge < -0.3 is 14.5 Å². The number of nitrogens with one attached hydrogen (secondary N) is 1. The number of nitrogens with zero attached hydrogens (tertiary/aromatic N) is 3. The molecule has 0 saturated carbocycles. The van der Waals surface area contributed by atoms with Crippen molar-refractivity contribution in [2.45, 2.75) is 13.3 Å². The van der Waals surface area contributed by atoms with E-state index in [9.17, 15) is 14.4 Å². The van der Waals surface area contributed by atoms with Crippen molar-refractivity contribution in [1.29, 1.82) is 0 Å². The summed E-state index contributed by atoms with van der Waals surface area (Å²) in [4.78, 5) is 43.3. The first-order valence-electron chi connectivity index (χ1n) is 9.14. The SMILES string of the molecule is CCOC(=O)N1CCN(c2[nH]c(=O)n(C)c(=O)c2Cc2ccc(Br)cc2)CC1. The van der Waals surface area contributed by atoms with Gasteiger partial charge in [-0.2, -0.15) is 0 Å². The molecule has 2 aromatic rings. The second kappa shape index (κ2) is 8.64. The first-order valence-corrected chi connectivity index (χ1v) is 9.93. The monoisotopic (exact) mass is 450 g/mol. The lowest BCUT2D eigenvalue weighted by atomic mass is 10.1. The quantitative estimate of drug-likeness (QED) is 0.765. The molecule has 28 heavy (non-hydrogen) atoms. The van der Waals surface area contributed by atoms with E-state index in [1.54, 1.807) is 11.8 Å². The molecule has 0 spiro atoms. The van der Waals surface area contributed by atoms with Crippen LogP contribution in [0.15, 0.2) is 38.3 Å². The van der Waals surface area contributed by atoms with Gasteiger partial charge in [-0.3, -0.25) is 14.3 Å². The average Bonchev–Trinajstić information content (AvgIpc) is 2.70. The summed E-state index contributed by atoms with van der Waals surface area (Å²) in [5.74, 6) is 0.527. The van der Waals surface area contributed by atoms with Crippen molar-refractivity contribution in [2.75, 3.05) is 37.7 Å². The summed E-state index contributed by atoms with van der Waals surface area (Å²) in [5.41, 5.74) is 0.745. The Morgan fingerprint density at radius 2 is 1.79 bits per heavy atom. The standard InChI is InChI=1S/C19H23BrN4O4/c1-3-28-19(27)24-10-8-23(9-11-24)16-15(17(25)22(2)18(26)21-16)12-13-4-6-14(20)7-5-13/h4-7H,3,8-12H2,1-2H3,(H,21,26). The summed E-state index contributed by atoms with van der Waals surface area (Å²) < 4.78 is 7.09. The molecule has 1 N–H and O–H groups in total. The van der Waals surface area contributed by atoms with Crippen molar-refractivity contribution in [1.82, 2.24) is 14.5 Å². The molecule has 8 nitrogen and oxygen atoms in total. The fourth-order valence-corrected chi connectivity index (χ4v) is 3.48. The van der Waals surface area contributed by atoms with Gasteiger partial charge in [-0.05, 0) is 24.6 Å². The number of aromatic nitrogens is 2. The summed E-state index contributed by atoms with van der Waals surface area (Å²) in [6, 6.07) is 7.72. The molecule has 150 valence electrons. The molecule has 2 heterocycles. The smallest absolute Gasteiger partial charge is 0.409 e. The number of H-pyrrole nitrogens is 1. The molecule has 1 aromatic carbocycles. The van der Waals surface area contributed by atoms with E-state index in [0.717, 1.165) is 14.6 Å². The highest BCUT2D eigenvalue weighted by molar-refractivity contribution is 9.10. The highest BCUT2D eigenvalue weighted by atomic mass is 79.9. The molecule has 1 aromatic heterocycles. The number of ether oxygens (including phenoxy) is 1. The van der Waals surface area contributed by atoms with E-state index in [4.69, 9.17) is 4.74 Å². The van der Waals surface area contributed by atoms with E-state index in [2.05, 4.69) is 20.9 Å². The van der Waals surface area contributed by atoms with Crippen LogP contribution < -0.4 is 16.1 Å². The Morgan fingerprint density at radius 3 is 2.39 bits per heavy atom. The summed E-state index contributed by atoms with van der Waals surface area (Å²) in [6.45, 7) is 4.05. The topological polar surface area (TPSA) is 87.6 Å². The number of carbonyl (C=O) groups excluding carboxylic acids is 1. The summed E-state index contributed by atoms with van der Waals surface area (Å²) in [7, 11) is 1.47. The van der Waals surface area contributed by atoms with Crippen molar-refractivity contribution in [3.8, 4) is 0 Å². The number of halogens is 1. The molecule has 0 radical (unpaired) electrons. The Bertz CT molecular complexity index is 959. The van der Waals surface area contributed by atoms with Gasteiger partial charge in [0.2, 0.25) is 0 Å². The van der Waals surface area contributed by atoms with Crippen LogP contribution in [0, 0.1) is 0 Å². The number of hydrogen-bond donors (Lipinski definition) is 1. The molecule has 1 aliphatic heterocycles. The third-order valence-electron chi connectivity index (χ3n) is 4.79. The van der Waals surface area contributed by atoms with Crippen LogP contribution in [0.3, 0.4) is 0 Å². The van der Waals surface area contributed by atoms with Crippen LogP contribution in [-0.2, 0) is 18.2 Å². The number of hydrogen-bond acceptors (Lipinski definition) is 5. The molecule has 0 bridgehead atoms. The van der Waals surface area contributed by atoms with Crippen LogP contribution in [-0.4, -0.2) is 53.3 Å². The molecule has 0 aliphatic carbocycles. The Labute approximate surface area is 170 Å². The largest absolute Gasteiger partial charge is 0.450 e. The van der Waals surface area contributed by atoms with Gasteiger partial charge in [0.25, 0.3) is 5.56 Å². The van der Waals surface area contributed by atoms with Gasteiger partial charge in [-0.25, -0.2) is 9.59 Å². The van der Waals surface area contributed by atoms with E-state index in [1.165, 1.54) is 7.05 Å². The predicted molar refractivity (Wildman–Crippen MR) is 110 cm³/mol. The first-order chi connectivity index (χ1) is 13.4. The van der Waals surface area contributed by atoms with Crippen LogP contribution in [0.4, 0.5) is 10.6 Å². The van der Waals surface area contributed by atoms with E-state index >= 15 is 0 Å². The van der Waals surface area contributed by atoms with Gasteiger partial charge in [0.15, 0.2) is 0 Å². The van der Waals surface area contributed by atoms with Gasteiger partial charge in [0.1, 0.15) is 5.82 Å².